The standard InChI is InChI=1S/C25H23ClN4O2/c1-30(2)22-14-10-18(11-15-22)16-23(28-24(31)20-6-4-3-5-7-20)25(32)29-27-17-19-8-12-21(26)13-9-19/h3-17H,1-2H3,(H,28,31)(H,29,32)/b23-16+,27-17?. The molecule has 0 spiro atoms. The van der Waals surface area contributed by atoms with E-state index in [9.17, 15) is 9.59 Å². The lowest BCUT2D eigenvalue weighted by atomic mass is 10.1. The quantitative estimate of drug-likeness (QED) is 0.322. The first kappa shape index (κ1) is 22.8. The van der Waals surface area contributed by atoms with Crippen molar-refractivity contribution < 1.29 is 9.59 Å². The topological polar surface area (TPSA) is 73.8 Å². The molecule has 0 aliphatic heterocycles. The SMILES string of the molecule is CN(C)c1ccc(/C=C(/NC(=O)c2ccccc2)C(=O)NN=Cc2ccc(Cl)cc2)cc1. The van der Waals surface area contributed by atoms with Gasteiger partial charge in [-0.25, -0.2) is 5.43 Å². The molecule has 3 rings (SSSR count). The molecule has 7 heteroatoms. The third-order valence-corrected chi connectivity index (χ3v) is 4.75. The van der Waals surface area contributed by atoms with Gasteiger partial charge in [-0.1, -0.05) is 54.1 Å². The van der Waals surface area contributed by atoms with Crippen molar-refractivity contribution in [1.29, 1.82) is 0 Å². The Morgan fingerprint density at radius 2 is 1.50 bits per heavy atom. The lowest BCUT2D eigenvalue weighted by molar-refractivity contribution is -0.117. The zero-order valence-electron chi connectivity index (χ0n) is 17.7. The van der Waals surface area contributed by atoms with Crippen molar-refractivity contribution >= 4 is 41.4 Å². The van der Waals surface area contributed by atoms with Gasteiger partial charge < -0.3 is 10.2 Å². The Bertz CT molecular complexity index is 1120. The van der Waals surface area contributed by atoms with Crippen LogP contribution in [0.5, 0.6) is 0 Å². The number of nitrogens with one attached hydrogen (secondary N) is 2. The highest BCUT2D eigenvalue weighted by Crippen LogP contribution is 2.15. The van der Waals surface area contributed by atoms with E-state index >= 15 is 0 Å². The highest BCUT2D eigenvalue weighted by molar-refractivity contribution is 6.30. The van der Waals surface area contributed by atoms with Gasteiger partial charge in [-0.3, -0.25) is 9.59 Å². The molecule has 3 aromatic carbocycles. The van der Waals surface area contributed by atoms with Crippen LogP contribution < -0.4 is 15.6 Å². The number of hydrogen-bond donors (Lipinski definition) is 2. The third-order valence-electron chi connectivity index (χ3n) is 4.50. The van der Waals surface area contributed by atoms with Crippen LogP contribution in [0, 0.1) is 0 Å². The Morgan fingerprint density at radius 3 is 2.12 bits per heavy atom. The number of amides is 2. The van der Waals surface area contributed by atoms with E-state index < -0.39 is 11.8 Å². The molecule has 0 radical (unpaired) electrons. The minimum absolute atomic E-state index is 0.0738. The number of halogens is 1. The summed E-state index contributed by atoms with van der Waals surface area (Å²) in [5, 5.41) is 7.28. The normalized spacial score (nSPS) is 11.3. The van der Waals surface area contributed by atoms with Crippen LogP contribution in [-0.4, -0.2) is 32.1 Å². The minimum atomic E-state index is -0.545. The summed E-state index contributed by atoms with van der Waals surface area (Å²) < 4.78 is 0. The molecule has 162 valence electrons. The molecular weight excluding hydrogens is 424 g/mol. The van der Waals surface area contributed by atoms with E-state index in [-0.39, 0.29) is 5.70 Å². The summed E-state index contributed by atoms with van der Waals surface area (Å²) in [7, 11) is 3.89. The molecule has 2 N–H and O–H groups in total. The Morgan fingerprint density at radius 1 is 0.875 bits per heavy atom. The Kier molecular flexibility index (Phi) is 7.78. The fourth-order valence-electron chi connectivity index (χ4n) is 2.75. The second-order valence-corrected chi connectivity index (χ2v) is 7.55. The van der Waals surface area contributed by atoms with Crippen LogP contribution >= 0.6 is 11.6 Å². The Labute approximate surface area is 192 Å². The lowest BCUT2D eigenvalue weighted by Gasteiger charge is -2.12. The Hall–Kier alpha value is -3.90. The second kappa shape index (κ2) is 10.9. The molecular formula is C25H23ClN4O2. The number of rotatable bonds is 7. The van der Waals surface area contributed by atoms with Crippen molar-refractivity contribution in [2.75, 3.05) is 19.0 Å². The van der Waals surface area contributed by atoms with Gasteiger partial charge >= 0.3 is 0 Å². The molecule has 0 saturated heterocycles. The predicted octanol–water partition coefficient (Wildman–Crippen LogP) is 4.33. The fraction of sp³-hybridized carbons (Fsp3) is 0.0800. The summed E-state index contributed by atoms with van der Waals surface area (Å²) >= 11 is 5.88. The van der Waals surface area contributed by atoms with E-state index in [0.29, 0.717) is 10.6 Å². The van der Waals surface area contributed by atoms with Gasteiger partial charge in [-0.2, -0.15) is 5.10 Å². The zero-order chi connectivity index (χ0) is 22.9. The highest BCUT2D eigenvalue weighted by Gasteiger charge is 2.14. The van der Waals surface area contributed by atoms with Crippen molar-refractivity contribution in [3.8, 4) is 0 Å². The molecule has 0 aliphatic rings. The molecule has 0 aliphatic carbocycles. The van der Waals surface area contributed by atoms with E-state index in [4.69, 9.17) is 11.6 Å². The van der Waals surface area contributed by atoms with E-state index in [1.54, 1.807) is 54.6 Å². The summed E-state index contributed by atoms with van der Waals surface area (Å²) in [6, 6.07) is 23.3. The molecule has 2 amide bonds. The highest BCUT2D eigenvalue weighted by atomic mass is 35.5. The van der Waals surface area contributed by atoms with Crippen molar-refractivity contribution in [1.82, 2.24) is 10.7 Å². The van der Waals surface area contributed by atoms with Gasteiger partial charge in [-0.05, 0) is 53.6 Å². The number of carbonyl (C=O) groups excluding carboxylic acids is 2. The summed E-state index contributed by atoms with van der Waals surface area (Å²) in [5.41, 5.74) is 5.53. The van der Waals surface area contributed by atoms with Gasteiger partial charge in [0.15, 0.2) is 0 Å². The molecule has 32 heavy (non-hydrogen) atoms. The van der Waals surface area contributed by atoms with Crippen LogP contribution in [0.2, 0.25) is 5.02 Å². The average molecular weight is 447 g/mol. The smallest absolute Gasteiger partial charge is 0.287 e. The van der Waals surface area contributed by atoms with E-state index in [0.717, 1.165) is 16.8 Å². The first-order valence-electron chi connectivity index (χ1n) is 9.87. The summed E-state index contributed by atoms with van der Waals surface area (Å²) in [6.45, 7) is 0. The summed E-state index contributed by atoms with van der Waals surface area (Å²) in [6.07, 6.45) is 3.10. The van der Waals surface area contributed by atoms with Crippen LogP contribution in [0.25, 0.3) is 6.08 Å². The van der Waals surface area contributed by atoms with E-state index in [2.05, 4.69) is 15.8 Å². The minimum Gasteiger partial charge on any atom is -0.378 e. The monoisotopic (exact) mass is 446 g/mol. The third kappa shape index (κ3) is 6.55. The van der Waals surface area contributed by atoms with Gasteiger partial charge in [0, 0.05) is 30.4 Å². The van der Waals surface area contributed by atoms with Gasteiger partial charge in [0.2, 0.25) is 0 Å². The molecule has 0 aromatic heterocycles. The maximum absolute atomic E-state index is 12.8. The first-order valence-corrected chi connectivity index (χ1v) is 10.2. The van der Waals surface area contributed by atoms with Crippen LogP contribution in [0.15, 0.2) is 89.7 Å². The number of nitrogens with zero attached hydrogens (tertiary/aromatic N) is 2. The van der Waals surface area contributed by atoms with Gasteiger partial charge in [-0.15, -0.1) is 0 Å². The molecule has 0 heterocycles. The van der Waals surface area contributed by atoms with Crippen molar-refractivity contribution in [2.45, 2.75) is 0 Å². The van der Waals surface area contributed by atoms with Crippen molar-refractivity contribution in [3.05, 3.63) is 106 Å². The van der Waals surface area contributed by atoms with Crippen LogP contribution in [-0.2, 0) is 4.79 Å². The average Bonchev–Trinajstić information content (AvgIpc) is 2.80. The first-order chi connectivity index (χ1) is 15.4. The maximum atomic E-state index is 12.8. The molecule has 0 atom stereocenters. The molecule has 0 unspecified atom stereocenters. The second-order valence-electron chi connectivity index (χ2n) is 7.11. The zero-order valence-corrected chi connectivity index (χ0v) is 18.5. The fourth-order valence-corrected chi connectivity index (χ4v) is 2.88. The van der Waals surface area contributed by atoms with Crippen LogP contribution in [0.3, 0.4) is 0 Å². The van der Waals surface area contributed by atoms with Crippen LogP contribution in [0.4, 0.5) is 5.69 Å². The number of anilines is 1. The van der Waals surface area contributed by atoms with E-state index in [1.165, 1.54) is 6.21 Å². The number of hydrogen-bond acceptors (Lipinski definition) is 4. The molecule has 6 nitrogen and oxygen atoms in total. The predicted molar refractivity (Wildman–Crippen MR) is 130 cm³/mol. The molecule has 0 saturated carbocycles. The molecule has 3 aromatic rings. The molecule has 0 bridgehead atoms. The van der Waals surface area contributed by atoms with Crippen LogP contribution in [0.1, 0.15) is 21.5 Å². The molecule has 0 fully saturated rings. The number of carbonyl (C=O) groups is 2. The van der Waals surface area contributed by atoms with E-state index in [1.807, 2.05) is 49.3 Å². The number of hydrazone groups is 1. The summed E-state index contributed by atoms with van der Waals surface area (Å²) in [5.74, 6) is -0.935. The largest absolute Gasteiger partial charge is 0.378 e. The van der Waals surface area contributed by atoms with Gasteiger partial charge in [0.25, 0.3) is 11.8 Å². The van der Waals surface area contributed by atoms with Gasteiger partial charge in [0.05, 0.1) is 6.21 Å². The Balaban J connectivity index is 1.80. The summed E-state index contributed by atoms with van der Waals surface area (Å²) in [4.78, 5) is 27.4. The van der Waals surface area contributed by atoms with Crippen molar-refractivity contribution in [3.63, 3.8) is 0 Å². The maximum Gasteiger partial charge on any atom is 0.287 e. The van der Waals surface area contributed by atoms with Crippen molar-refractivity contribution in [2.24, 2.45) is 5.10 Å². The number of benzene rings is 3. The lowest BCUT2D eigenvalue weighted by Crippen LogP contribution is -2.32. The van der Waals surface area contributed by atoms with Gasteiger partial charge in [0.1, 0.15) is 5.70 Å².